The van der Waals surface area contributed by atoms with Crippen molar-refractivity contribution in [3.63, 3.8) is 0 Å². The highest BCUT2D eigenvalue weighted by atomic mass is 16.5. The van der Waals surface area contributed by atoms with Crippen LogP contribution in [0.5, 0.6) is 0 Å². The topological polar surface area (TPSA) is 72.3 Å². The summed E-state index contributed by atoms with van der Waals surface area (Å²) in [6.45, 7) is 2.47. The van der Waals surface area contributed by atoms with Crippen LogP contribution in [0.2, 0.25) is 0 Å². The van der Waals surface area contributed by atoms with E-state index < -0.39 is 0 Å². The lowest BCUT2D eigenvalue weighted by molar-refractivity contribution is 0.0737. The minimum absolute atomic E-state index is 0.00975. The molecule has 24 heavy (non-hydrogen) atoms. The second-order valence-electron chi connectivity index (χ2n) is 6.06. The summed E-state index contributed by atoms with van der Waals surface area (Å²) in [4.78, 5) is 19.1. The predicted molar refractivity (Wildman–Crippen MR) is 90.9 cm³/mol. The molecule has 1 N–H and O–H groups in total. The third-order valence-corrected chi connectivity index (χ3v) is 4.14. The van der Waals surface area contributed by atoms with E-state index in [1.165, 1.54) is 0 Å². The number of carbonyl (C=O) groups excluding carboxylic acids is 1. The van der Waals surface area contributed by atoms with Crippen molar-refractivity contribution in [1.82, 2.24) is 19.7 Å². The summed E-state index contributed by atoms with van der Waals surface area (Å²) in [7, 11) is 3.67. The van der Waals surface area contributed by atoms with Gasteiger partial charge < -0.3 is 15.0 Å². The average molecular weight is 329 g/mol. The van der Waals surface area contributed by atoms with E-state index in [2.05, 4.69) is 15.4 Å². The van der Waals surface area contributed by atoms with Crippen molar-refractivity contribution in [3.05, 3.63) is 41.9 Å². The maximum atomic E-state index is 12.7. The van der Waals surface area contributed by atoms with E-state index in [1.54, 1.807) is 17.1 Å². The molecule has 0 bridgehead atoms. The van der Waals surface area contributed by atoms with Gasteiger partial charge in [-0.3, -0.25) is 9.48 Å². The standard InChI is InChI=1S/C17H23N5O2/c1-18-16-5-3-4-15(20-16)8-13-10-22(6-7-24-12-13)17(23)14-9-19-21(2)11-14/h3-5,9,11,13H,6-8,10,12H2,1-2H3,(H,18,20)/t13-/m0/s1. The molecule has 128 valence electrons. The van der Waals surface area contributed by atoms with E-state index in [0.29, 0.717) is 31.9 Å². The lowest BCUT2D eigenvalue weighted by Gasteiger charge is -2.23. The van der Waals surface area contributed by atoms with Crippen molar-refractivity contribution in [3.8, 4) is 0 Å². The minimum atomic E-state index is 0.00975. The first-order valence-corrected chi connectivity index (χ1v) is 8.15. The first-order valence-electron chi connectivity index (χ1n) is 8.15. The van der Waals surface area contributed by atoms with Crippen LogP contribution in [0.25, 0.3) is 0 Å². The molecule has 0 spiro atoms. The highest BCUT2D eigenvalue weighted by Gasteiger charge is 2.24. The zero-order chi connectivity index (χ0) is 16.9. The van der Waals surface area contributed by atoms with Gasteiger partial charge in [0.15, 0.2) is 0 Å². The van der Waals surface area contributed by atoms with Gasteiger partial charge in [0, 0.05) is 45.0 Å². The molecule has 0 unspecified atom stereocenters. The Morgan fingerprint density at radius 2 is 2.33 bits per heavy atom. The van der Waals surface area contributed by atoms with Gasteiger partial charge in [0.1, 0.15) is 5.82 Å². The van der Waals surface area contributed by atoms with Gasteiger partial charge >= 0.3 is 0 Å². The van der Waals surface area contributed by atoms with Gasteiger partial charge in [-0.15, -0.1) is 0 Å². The van der Waals surface area contributed by atoms with Crippen LogP contribution >= 0.6 is 0 Å². The fourth-order valence-electron chi connectivity index (χ4n) is 2.93. The molecular weight excluding hydrogens is 306 g/mol. The van der Waals surface area contributed by atoms with E-state index >= 15 is 0 Å². The van der Waals surface area contributed by atoms with E-state index in [9.17, 15) is 4.79 Å². The van der Waals surface area contributed by atoms with Crippen molar-refractivity contribution < 1.29 is 9.53 Å². The van der Waals surface area contributed by atoms with E-state index in [1.807, 2.05) is 37.2 Å². The number of ether oxygens (including phenoxy) is 1. The molecule has 0 radical (unpaired) electrons. The number of pyridine rings is 1. The molecule has 0 saturated carbocycles. The quantitative estimate of drug-likeness (QED) is 0.912. The maximum Gasteiger partial charge on any atom is 0.257 e. The molecular formula is C17H23N5O2. The highest BCUT2D eigenvalue weighted by Crippen LogP contribution is 2.16. The van der Waals surface area contributed by atoms with Crippen LogP contribution in [0, 0.1) is 5.92 Å². The summed E-state index contributed by atoms with van der Waals surface area (Å²) < 4.78 is 7.34. The smallest absolute Gasteiger partial charge is 0.257 e. The summed E-state index contributed by atoms with van der Waals surface area (Å²) >= 11 is 0. The summed E-state index contributed by atoms with van der Waals surface area (Å²) in [5, 5.41) is 7.13. The van der Waals surface area contributed by atoms with Gasteiger partial charge in [0.25, 0.3) is 5.91 Å². The second kappa shape index (κ2) is 7.44. The van der Waals surface area contributed by atoms with Crippen LogP contribution in [-0.4, -0.2) is 58.9 Å². The van der Waals surface area contributed by atoms with Gasteiger partial charge in [-0.05, 0) is 18.6 Å². The van der Waals surface area contributed by atoms with Crippen LogP contribution in [0.15, 0.2) is 30.6 Å². The van der Waals surface area contributed by atoms with Crippen molar-refractivity contribution in [2.75, 3.05) is 38.7 Å². The Balaban J connectivity index is 1.69. The average Bonchev–Trinajstić information content (AvgIpc) is 2.89. The van der Waals surface area contributed by atoms with Crippen molar-refractivity contribution in [1.29, 1.82) is 0 Å². The van der Waals surface area contributed by atoms with Gasteiger partial charge in [-0.1, -0.05) is 6.07 Å². The SMILES string of the molecule is CNc1cccc(C[C@@H]2COCCN(C(=O)c3cnn(C)c3)C2)n1. The molecule has 1 fully saturated rings. The molecule has 2 aromatic rings. The number of amides is 1. The first-order chi connectivity index (χ1) is 11.7. The Morgan fingerprint density at radius 3 is 3.08 bits per heavy atom. The first kappa shape index (κ1) is 16.4. The number of anilines is 1. The van der Waals surface area contributed by atoms with Gasteiger partial charge in [-0.25, -0.2) is 4.98 Å². The largest absolute Gasteiger partial charge is 0.379 e. The third kappa shape index (κ3) is 3.91. The summed E-state index contributed by atoms with van der Waals surface area (Å²) in [5.41, 5.74) is 1.62. The molecule has 3 heterocycles. The number of rotatable bonds is 4. The fraction of sp³-hybridized carbons (Fsp3) is 0.471. The lowest BCUT2D eigenvalue weighted by atomic mass is 10.0. The Morgan fingerprint density at radius 1 is 1.46 bits per heavy atom. The molecule has 1 amide bonds. The summed E-state index contributed by atoms with van der Waals surface area (Å²) in [6, 6.07) is 5.94. The monoisotopic (exact) mass is 329 g/mol. The molecule has 1 aliphatic heterocycles. The number of hydrogen-bond acceptors (Lipinski definition) is 5. The number of nitrogens with zero attached hydrogens (tertiary/aromatic N) is 4. The Bertz CT molecular complexity index is 700. The van der Waals surface area contributed by atoms with Crippen LogP contribution in [0.1, 0.15) is 16.1 Å². The molecule has 7 heteroatoms. The number of hydrogen-bond donors (Lipinski definition) is 1. The fourth-order valence-corrected chi connectivity index (χ4v) is 2.93. The molecule has 1 saturated heterocycles. The molecule has 0 aromatic carbocycles. The molecule has 1 atom stereocenters. The number of aromatic nitrogens is 3. The second-order valence-corrected chi connectivity index (χ2v) is 6.06. The minimum Gasteiger partial charge on any atom is -0.379 e. The Hall–Kier alpha value is -2.41. The zero-order valence-electron chi connectivity index (χ0n) is 14.1. The molecule has 1 aliphatic rings. The zero-order valence-corrected chi connectivity index (χ0v) is 14.1. The molecule has 7 nitrogen and oxygen atoms in total. The van der Waals surface area contributed by atoms with Crippen LogP contribution < -0.4 is 5.32 Å². The molecule has 3 rings (SSSR count). The van der Waals surface area contributed by atoms with E-state index in [0.717, 1.165) is 17.9 Å². The maximum absolute atomic E-state index is 12.7. The van der Waals surface area contributed by atoms with E-state index in [4.69, 9.17) is 4.74 Å². The molecule has 2 aromatic heterocycles. The van der Waals surface area contributed by atoms with Gasteiger partial charge in [0.05, 0.1) is 25.0 Å². The highest BCUT2D eigenvalue weighted by molar-refractivity contribution is 5.93. The predicted octanol–water partition coefficient (Wildman–Crippen LogP) is 1.19. The van der Waals surface area contributed by atoms with Gasteiger partial charge in [-0.2, -0.15) is 5.10 Å². The van der Waals surface area contributed by atoms with E-state index in [-0.39, 0.29) is 11.8 Å². The van der Waals surface area contributed by atoms with Crippen LogP contribution in [-0.2, 0) is 18.2 Å². The summed E-state index contributed by atoms with van der Waals surface area (Å²) in [5.74, 6) is 1.09. The van der Waals surface area contributed by atoms with Crippen molar-refractivity contribution in [2.45, 2.75) is 6.42 Å². The number of carbonyl (C=O) groups is 1. The normalized spacial score (nSPS) is 18.2. The van der Waals surface area contributed by atoms with Crippen LogP contribution in [0.4, 0.5) is 5.82 Å². The lowest BCUT2D eigenvalue weighted by Crippen LogP contribution is -2.36. The van der Waals surface area contributed by atoms with Crippen molar-refractivity contribution in [2.24, 2.45) is 13.0 Å². The Labute approximate surface area is 141 Å². The third-order valence-electron chi connectivity index (χ3n) is 4.14. The van der Waals surface area contributed by atoms with Crippen molar-refractivity contribution >= 4 is 11.7 Å². The van der Waals surface area contributed by atoms with Gasteiger partial charge in [0.2, 0.25) is 0 Å². The Kier molecular flexibility index (Phi) is 5.10. The summed E-state index contributed by atoms with van der Waals surface area (Å²) in [6.07, 6.45) is 4.15. The molecule has 0 aliphatic carbocycles. The number of aryl methyl sites for hydroxylation is 1. The van der Waals surface area contributed by atoms with Crippen LogP contribution in [0.3, 0.4) is 0 Å². The number of nitrogens with one attached hydrogen (secondary N) is 1.